The molecule has 0 aromatic heterocycles. The molecule has 3 atom stereocenters. The van der Waals surface area contributed by atoms with Crippen molar-refractivity contribution in [3.8, 4) is 0 Å². The van der Waals surface area contributed by atoms with Crippen LogP contribution in [-0.4, -0.2) is 74.3 Å². The number of esters is 1. The van der Waals surface area contributed by atoms with Crippen LogP contribution in [0, 0.1) is 0 Å². The fourth-order valence-corrected chi connectivity index (χ4v) is 8.62. The molecular weight excluding hydrogens is 952 g/mol. The highest BCUT2D eigenvalue weighted by Gasteiger charge is 2.30. The zero-order valence-corrected chi connectivity index (χ0v) is 49.6. The SMILES string of the molecule is CC/C=C\C/C=C\C/C=C\C/C=C\C/C=C\C/C=C\CCCCC(=O)OC(/C=C\CCCCCCCCCCCCC)C(COP(=O)(O)OCC[N+](C)(C)C)NC(=O)CCCCCCCCC/C=C/C=C/C=C/CC. The number of quaternary nitrogens is 1. The summed E-state index contributed by atoms with van der Waals surface area (Å²) in [6, 6.07) is -0.881. The number of carbonyl (C=O) groups is 2. The Hall–Kier alpha value is -3.59. The van der Waals surface area contributed by atoms with Crippen LogP contribution < -0.4 is 5.32 Å². The molecular formula is C65H112N2O7P+. The molecule has 1 amide bonds. The average Bonchev–Trinajstić information content (AvgIpc) is 3.37. The lowest BCUT2D eigenvalue weighted by Crippen LogP contribution is -2.47. The maximum absolute atomic E-state index is 13.5. The molecule has 0 aromatic carbocycles. The summed E-state index contributed by atoms with van der Waals surface area (Å²) in [6.45, 7) is 6.71. The molecule has 0 aliphatic rings. The van der Waals surface area contributed by atoms with E-state index in [2.05, 4.69) is 135 Å². The van der Waals surface area contributed by atoms with Crippen LogP contribution in [0.5, 0.6) is 0 Å². The second kappa shape index (κ2) is 53.8. The summed E-state index contributed by atoms with van der Waals surface area (Å²) in [4.78, 5) is 37.7. The molecule has 0 rings (SSSR count). The normalized spacial score (nSPS) is 14.6. The zero-order valence-electron chi connectivity index (χ0n) is 48.7. The molecule has 2 N–H and O–H groups in total. The van der Waals surface area contributed by atoms with Crippen LogP contribution >= 0.6 is 7.82 Å². The molecule has 0 aliphatic carbocycles. The molecule has 9 nitrogen and oxygen atoms in total. The summed E-state index contributed by atoms with van der Waals surface area (Å²) in [6.07, 6.45) is 74.8. The topological polar surface area (TPSA) is 111 Å². The van der Waals surface area contributed by atoms with E-state index in [0.29, 0.717) is 23.9 Å². The van der Waals surface area contributed by atoms with Crippen LogP contribution in [0.2, 0.25) is 0 Å². The maximum Gasteiger partial charge on any atom is 0.472 e. The molecule has 3 unspecified atom stereocenters. The Bertz CT molecular complexity index is 1700. The summed E-state index contributed by atoms with van der Waals surface area (Å²) in [5, 5.41) is 3.03. The lowest BCUT2D eigenvalue weighted by atomic mass is 10.0. The van der Waals surface area contributed by atoms with Gasteiger partial charge in [0.1, 0.15) is 19.3 Å². The first kappa shape index (κ1) is 71.4. The van der Waals surface area contributed by atoms with Gasteiger partial charge in [0.2, 0.25) is 5.91 Å². The van der Waals surface area contributed by atoms with E-state index in [1.807, 2.05) is 33.3 Å². The van der Waals surface area contributed by atoms with Gasteiger partial charge in [-0.3, -0.25) is 18.6 Å². The number of unbranched alkanes of at least 4 members (excludes halogenated alkanes) is 20. The van der Waals surface area contributed by atoms with E-state index in [-0.39, 0.29) is 31.5 Å². The maximum atomic E-state index is 13.5. The molecule has 0 aliphatic heterocycles. The predicted octanol–water partition coefficient (Wildman–Crippen LogP) is 18.3. The van der Waals surface area contributed by atoms with Gasteiger partial charge in [-0.05, 0) is 102 Å². The monoisotopic (exact) mass is 1060 g/mol. The van der Waals surface area contributed by atoms with Crippen molar-refractivity contribution in [1.29, 1.82) is 0 Å². The fraction of sp³-hybridized carbons (Fsp3) is 0.662. The van der Waals surface area contributed by atoms with E-state index >= 15 is 0 Å². The number of likely N-dealkylation sites (N-methyl/N-ethyl adjacent to an activating group) is 1. The lowest BCUT2D eigenvalue weighted by Gasteiger charge is -2.27. The Morgan fingerprint density at radius 3 is 1.44 bits per heavy atom. The van der Waals surface area contributed by atoms with Crippen molar-refractivity contribution in [2.75, 3.05) is 40.9 Å². The minimum atomic E-state index is -4.47. The van der Waals surface area contributed by atoms with Gasteiger partial charge in [-0.1, -0.05) is 233 Å². The van der Waals surface area contributed by atoms with Crippen LogP contribution in [0.25, 0.3) is 0 Å². The van der Waals surface area contributed by atoms with E-state index in [1.54, 1.807) is 0 Å². The van der Waals surface area contributed by atoms with Crippen LogP contribution in [0.1, 0.15) is 226 Å². The number of hydrogen-bond donors (Lipinski definition) is 2. The molecule has 0 saturated heterocycles. The van der Waals surface area contributed by atoms with Crippen molar-refractivity contribution in [1.82, 2.24) is 5.32 Å². The second-order valence-corrected chi connectivity index (χ2v) is 22.3. The van der Waals surface area contributed by atoms with Gasteiger partial charge in [-0.15, -0.1) is 0 Å². The molecule has 0 bridgehead atoms. The molecule has 0 heterocycles. The predicted molar refractivity (Wildman–Crippen MR) is 323 cm³/mol. The smallest absolute Gasteiger partial charge is 0.456 e. The Kier molecular flexibility index (Phi) is 51.2. The number of nitrogens with zero attached hydrogens (tertiary/aromatic N) is 1. The highest BCUT2D eigenvalue weighted by atomic mass is 31.2. The Labute approximate surface area is 461 Å². The molecule has 0 fully saturated rings. The number of phosphoric ester groups is 1. The first-order valence-electron chi connectivity index (χ1n) is 29.9. The molecule has 0 aromatic rings. The highest BCUT2D eigenvalue weighted by molar-refractivity contribution is 7.47. The zero-order chi connectivity index (χ0) is 55.0. The van der Waals surface area contributed by atoms with Crippen molar-refractivity contribution in [2.45, 2.75) is 238 Å². The van der Waals surface area contributed by atoms with Crippen molar-refractivity contribution in [2.24, 2.45) is 0 Å². The molecule has 75 heavy (non-hydrogen) atoms. The quantitative estimate of drug-likeness (QED) is 0.0156. The Morgan fingerprint density at radius 2 is 0.920 bits per heavy atom. The van der Waals surface area contributed by atoms with E-state index in [0.717, 1.165) is 109 Å². The van der Waals surface area contributed by atoms with Crippen LogP contribution in [0.3, 0.4) is 0 Å². The Balaban J connectivity index is 5.43. The van der Waals surface area contributed by atoms with Gasteiger partial charge < -0.3 is 19.4 Å². The number of nitrogens with one attached hydrogen (secondary N) is 1. The van der Waals surface area contributed by atoms with Crippen molar-refractivity contribution >= 4 is 19.7 Å². The highest BCUT2D eigenvalue weighted by Crippen LogP contribution is 2.43. The largest absolute Gasteiger partial charge is 0.472 e. The third-order valence-electron chi connectivity index (χ3n) is 12.5. The lowest BCUT2D eigenvalue weighted by molar-refractivity contribution is -0.870. The number of hydrogen-bond acceptors (Lipinski definition) is 6. The number of carbonyl (C=O) groups excluding carboxylic acids is 2. The fourth-order valence-electron chi connectivity index (χ4n) is 7.88. The summed E-state index contributed by atoms with van der Waals surface area (Å²) in [5.41, 5.74) is 0. The minimum absolute atomic E-state index is 0.0238. The van der Waals surface area contributed by atoms with Gasteiger partial charge in [0.05, 0.1) is 33.8 Å². The van der Waals surface area contributed by atoms with E-state index in [4.69, 9.17) is 13.8 Å². The first-order chi connectivity index (χ1) is 36.4. The first-order valence-corrected chi connectivity index (χ1v) is 31.4. The molecule has 428 valence electrons. The van der Waals surface area contributed by atoms with Crippen LogP contribution in [-0.2, 0) is 27.9 Å². The summed E-state index contributed by atoms with van der Waals surface area (Å²) in [5.74, 6) is -0.579. The van der Waals surface area contributed by atoms with Crippen molar-refractivity contribution in [3.05, 3.63) is 122 Å². The van der Waals surface area contributed by atoms with Gasteiger partial charge in [-0.2, -0.15) is 0 Å². The molecule has 0 saturated carbocycles. The third-order valence-corrected chi connectivity index (χ3v) is 13.4. The van der Waals surface area contributed by atoms with E-state index in [9.17, 15) is 19.0 Å². The second-order valence-electron chi connectivity index (χ2n) is 20.8. The standard InChI is InChI=1S/C65H111N2O7P/c1-7-10-13-16-19-22-25-28-30-31-32-33-34-35-37-40-43-46-49-52-55-58-65(69)74-63(56-53-50-47-44-41-38-27-24-21-18-15-12-9-3)62(61-73-75(70,71)72-60-59-67(4,5)6)66-64(68)57-54-51-48-45-42-39-36-29-26-23-20-17-14-11-8-2/h10-11,13-14,17,19-20,22-23,26,28,30,32-33,35,37,43,46,53,56,62-63H,7-9,12,15-16,18,21,24-25,27,29,31,34,36,38-42,44-45,47-52,54-55,57-61H2,1-6H3,(H-,66,68,70,71)/p+1/b13-10-,14-11+,20-17+,22-19-,26-23+,30-28-,33-32-,37-35-,46-43-,56-53-. The number of phosphoric acid groups is 1. The van der Waals surface area contributed by atoms with Crippen LogP contribution in [0.15, 0.2) is 122 Å². The van der Waals surface area contributed by atoms with Gasteiger partial charge in [0.25, 0.3) is 0 Å². The number of amides is 1. The van der Waals surface area contributed by atoms with Crippen molar-refractivity contribution in [3.63, 3.8) is 0 Å². The Morgan fingerprint density at radius 1 is 0.493 bits per heavy atom. The van der Waals surface area contributed by atoms with Gasteiger partial charge in [0.15, 0.2) is 0 Å². The minimum Gasteiger partial charge on any atom is -0.456 e. The number of rotatable bonds is 52. The van der Waals surface area contributed by atoms with Crippen molar-refractivity contribution < 1.29 is 37.3 Å². The number of ether oxygens (including phenoxy) is 1. The summed E-state index contributed by atoms with van der Waals surface area (Å²) in [7, 11) is 1.44. The van der Waals surface area contributed by atoms with Gasteiger partial charge in [-0.25, -0.2) is 4.57 Å². The number of allylic oxidation sites excluding steroid dienone is 19. The van der Waals surface area contributed by atoms with Gasteiger partial charge >= 0.3 is 13.8 Å². The van der Waals surface area contributed by atoms with E-state index < -0.39 is 20.0 Å². The molecule has 0 spiro atoms. The molecule has 10 heteroatoms. The van der Waals surface area contributed by atoms with Gasteiger partial charge in [0, 0.05) is 12.8 Å². The summed E-state index contributed by atoms with van der Waals surface area (Å²) < 4.78 is 30.6. The molecule has 0 radical (unpaired) electrons. The summed E-state index contributed by atoms with van der Waals surface area (Å²) >= 11 is 0. The van der Waals surface area contributed by atoms with E-state index in [1.165, 1.54) is 77.0 Å². The third kappa shape index (κ3) is 55.0. The van der Waals surface area contributed by atoms with Crippen LogP contribution in [0.4, 0.5) is 0 Å². The average molecular weight is 1060 g/mol.